The van der Waals surface area contributed by atoms with E-state index >= 15 is 0 Å². The first-order valence-electron chi connectivity index (χ1n) is 2.34. The van der Waals surface area contributed by atoms with Gasteiger partial charge in [0.05, 0.1) is 23.6 Å². The van der Waals surface area contributed by atoms with E-state index in [4.69, 9.17) is 22.7 Å². The van der Waals surface area contributed by atoms with E-state index in [2.05, 4.69) is 0 Å². The molecular weight excluding hydrogens is 184 g/mol. The molecule has 0 rings (SSSR count). The third kappa shape index (κ3) is 5.90. The molecule has 0 heterocycles. The van der Waals surface area contributed by atoms with E-state index in [0.717, 1.165) is 0 Å². The fraction of sp³-hybridized carbons (Fsp3) is 0.400. The Bertz CT molecular complexity index is 168. The lowest BCUT2D eigenvalue weighted by Gasteiger charge is -1.92. The van der Waals surface area contributed by atoms with Gasteiger partial charge in [-0.15, -0.1) is 0 Å². The monoisotopic (exact) mass is 188 g/mol. The second-order valence-corrected chi connectivity index (χ2v) is 4.30. The third-order valence-corrected chi connectivity index (χ3v) is 2.94. The molecule has 2 nitrogen and oxygen atoms in total. The number of rotatable bonds is 2. The summed E-state index contributed by atoms with van der Waals surface area (Å²) in [5.74, 6) is 0.745. The van der Waals surface area contributed by atoms with Crippen molar-refractivity contribution in [2.75, 3.05) is 11.5 Å². The lowest BCUT2D eigenvalue weighted by Crippen LogP contribution is -1.82. The van der Waals surface area contributed by atoms with E-state index in [9.17, 15) is 0 Å². The van der Waals surface area contributed by atoms with Gasteiger partial charge in [-0.3, -0.25) is 0 Å². The van der Waals surface area contributed by atoms with Gasteiger partial charge in [0.2, 0.25) is 0 Å². The molecule has 0 saturated heterocycles. The van der Waals surface area contributed by atoms with Crippen LogP contribution in [0.3, 0.4) is 0 Å². The molecule has 0 spiro atoms. The van der Waals surface area contributed by atoms with Gasteiger partial charge in [-0.05, 0) is 0 Å². The van der Waals surface area contributed by atoms with Crippen LogP contribution in [0, 0.1) is 22.7 Å². The molecule has 0 unspecified atom stereocenters. The minimum atomic E-state index is 0.372. The molecule has 0 atom stereocenters. The van der Waals surface area contributed by atoms with E-state index in [1.807, 2.05) is 12.1 Å². The molecule has 0 amide bonds. The van der Waals surface area contributed by atoms with Crippen molar-refractivity contribution in [3.63, 3.8) is 0 Å². The highest BCUT2D eigenvalue weighted by Gasteiger charge is 1.95. The molecule has 0 aliphatic heterocycles. The molecule has 5 heteroatoms. The summed E-state index contributed by atoms with van der Waals surface area (Å²) in [5.41, 5.74) is 0. The zero-order valence-electron chi connectivity index (χ0n) is 5.03. The molecule has 0 aromatic carbocycles. The van der Waals surface area contributed by atoms with Crippen LogP contribution < -0.4 is 0 Å². The highest BCUT2D eigenvalue weighted by Crippen LogP contribution is 2.15. The molecule has 52 valence electrons. The molecular formula is C5H4N2S3. The summed E-state index contributed by atoms with van der Waals surface area (Å²) in [5, 5.41) is 16.3. The zero-order valence-corrected chi connectivity index (χ0v) is 7.48. The molecule has 0 bridgehead atoms. The van der Waals surface area contributed by atoms with Gasteiger partial charge in [-0.1, -0.05) is 35.7 Å². The van der Waals surface area contributed by atoms with Gasteiger partial charge in [0.15, 0.2) is 0 Å². The first-order valence-corrected chi connectivity index (χ1v) is 4.72. The Morgan fingerprint density at radius 1 is 1.20 bits per heavy atom. The Labute approximate surface area is 73.6 Å². The van der Waals surface area contributed by atoms with Crippen LogP contribution in [0.2, 0.25) is 0 Å². The van der Waals surface area contributed by atoms with E-state index in [1.165, 1.54) is 23.5 Å². The van der Waals surface area contributed by atoms with Gasteiger partial charge in [0.25, 0.3) is 0 Å². The Morgan fingerprint density at radius 2 is 1.60 bits per heavy atom. The predicted molar refractivity (Wildman–Crippen MR) is 48.7 cm³/mol. The van der Waals surface area contributed by atoms with Gasteiger partial charge in [-0.2, -0.15) is 10.5 Å². The second-order valence-electron chi connectivity index (χ2n) is 1.14. The van der Waals surface area contributed by atoms with E-state index in [-0.39, 0.29) is 0 Å². The molecule has 0 aromatic heterocycles. The topological polar surface area (TPSA) is 47.6 Å². The first-order chi connectivity index (χ1) is 4.81. The third-order valence-electron chi connectivity index (χ3n) is 0.509. The van der Waals surface area contributed by atoms with Crippen LogP contribution in [-0.4, -0.2) is 15.0 Å². The van der Waals surface area contributed by atoms with Gasteiger partial charge < -0.3 is 0 Å². The fourth-order valence-electron chi connectivity index (χ4n) is 0.224. The van der Waals surface area contributed by atoms with E-state index < -0.39 is 0 Å². The standard InChI is InChI=1S/C5H4N2S3/c6-1-3-9-5(8)10-4-2-7/h3-4H2. The lowest BCUT2D eigenvalue weighted by atomic mass is 10.9. The van der Waals surface area contributed by atoms with Crippen molar-refractivity contribution in [2.45, 2.75) is 0 Å². The van der Waals surface area contributed by atoms with Crippen LogP contribution in [0.1, 0.15) is 0 Å². The quantitative estimate of drug-likeness (QED) is 0.618. The minimum absolute atomic E-state index is 0.372. The summed E-state index contributed by atoms with van der Waals surface area (Å²) in [4.78, 5) is 0. The predicted octanol–water partition coefficient (Wildman–Crippen LogP) is 1.78. The largest absolute Gasteiger partial charge is 0.197 e. The number of hydrogen-bond acceptors (Lipinski definition) is 5. The van der Waals surface area contributed by atoms with Crippen molar-refractivity contribution in [3.05, 3.63) is 0 Å². The van der Waals surface area contributed by atoms with Gasteiger partial charge in [0.1, 0.15) is 3.53 Å². The van der Waals surface area contributed by atoms with Crippen molar-refractivity contribution in [1.82, 2.24) is 0 Å². The molecule has 0 N–H and O–H groups in total. The Morgan fingerprint density at radius 3 is 1.90 bits per heavy atom. The average Bonchev–Trinajstić information content (AvgIpc) is 1.97. The number of thiocarbonyl (C=S) groups is 1. The minimum Gasteiger partial charge on any atom is -0.197 e. The summed E-state index contributed by atoms with van der Waals surface area (Å²) < 4.78 is 0.670. The van der Waals surface area contributed by atoms with Gasteiger partial charge in [0, 0.05) is 0 Å². The van der Waals surface area contributed by atoms with Crippen LogP contribution in [0.25, 0.3) is 0 Å². The van der Waals surface area contributed by atoms with E-state index in [0.29, 0.717) is 15.0 Å². The zero-order chi connectivity index (χ0) is 7.82. The first kappa shape index (κ1) is 9.77. The van der Waals surface area contributed by atoms with Gasteiger partial charge >= 0.3 is 0 Å². The summed E-state index contributed by atoms with van der Waals surface area (Å²) in [6, 6.07) is 3.91. The normalized spacial score (nSPS) is 7.80. The Kier molecular flexibility index (Phi) is 6.73. The summed E-state index contributed by atoms with van der Waals surface area (Å²) >= 11 is 7.41. The number of thioether (sulfide) groups is 2. The lowest BCUT2D eigenvalue weighted by molar-refractivity contribution is 1.50. The maximum Gasteiger partial charge on any atom is 0.106 e. The number of nitriles is 2. The molecule has 0 aliphatic carbocycles. The Balaban J connectivity index is 3.30. The second kappa shape index (κ2) is 6.88. The van der Waals surface area contributed by atoms with Gasteiger partial charge in [-0.25, -0.2) is 0 Å². The van der Waals surface area contributed by atoms with Crippen molar-refractivity contribution in [3.8, 4) is 12.1 Å². The number of hydrogen-bond donors (Lipinski definition) is 0. The SMILES string of the molecule is N#CCSC(=S)SCC#N. The smallest absolute Gasteiger partial charge is 0.106 e. The van der Waals surface area contributed by atoms with Crippen molar-refractivity contribution >= 4 is 39.3 Å². The fourth-order valence-corrected chi connectivity index (χ4v) is 1.63. The average molecular weight is 188 g/mol. The molecule has 0 aliphatic rings. The molecule has 0 radical (unpaired) electrons. The maximum absolute atomic E-state index is 8.14. The van der Waals surface area contributed by atoms with Crippen LogP contribution in [-0.2, 0) is 0 Å². The molecule has 0 fully saturated rings. The highest BCUT2D eigenvalue weighted by atomic mass is 32.2. The van der Waals surface area contributed by atoms with Crippen molar-refractivity contribution in [2.24, 2.45) is 0 Å². The molecule has 0 aromatic rings. The van der Waals surface area contributed by atoms with Crippen molar-refractivity contribution < 1.29 is 0 Å². The summed E-state index contributed by atoms with van der Waals surface area (Å²) in [6.07, 6.45) is 0. The van der Waals surface area contributed by atoms with Crippen LogP contribution in [0.15, 0.2) is 0 Å². The van der Waals surface area contributed by atoms with Crippen molar-refractivity contribution in [1.29, 1.82) is 10.5 Å². The molecule has 10 heavy (non-hydrogen) atoms. The summed E-state index contributed by atoms with van der Waals surface area (Å²) in [6.45, 7) is 0. The Hall–Kier alpha value is -0.230. The summed E-state index contributed by atoms with van der Waals surface area (Å²) in [7, 11) is 0. The molecule has 0 saturated carbocycles. The van der Waals surface area contributed by atoms with Crippen LogP contribution >= 0.6 is 35.7 Å². The van der Waals surface area contributed by atoms with Crippen LogP contribution in [0.5, 0.6) is 0 Å². The maximum atomic E-state index is 8.14. The highest BCUT2D eigenvalue weighted by molar-refractivity contribution is 8.47. The van der Waals surface area contributed by atoms with Crippen LogP contribution in [0.4, 0.5) is 0 Å². The number of nitrogens with zero attached hydrogens (tertiary/aromatic N) is 2. The van der Waals surface area contributed by atoms with E-state index in [1.54, 1.807) is 0 Å².